The fourth-order valence-electron chi connectivity index (χ4n) is 4.30. The number of thiazole rings is 1. The number of halogens is 1. The van der Waals surface area contributed by atoms with Crippen LogP contribution in [0.3, 0.4) is 0 Å². The topological polar surface area (TPSA) is 57.9 Å². The Bertz CT molecular complexity index is 1040. The predicted octanol–water partition coefficient (Wildman–Crippen LogP) is 4.55. The molecule has 1 aromatic carbocycles. The number of aromatic nitrogens is 1. The lowest BCUT2D eigenvalue weighted by molar-refractivity contribution is -0.132. The summed E-state index contributed by atoms with van der Waals surface area (Å²) in [6.45, 7) is 9.56. The maximum atomic E-state index is 13.8. The number of likely N-dealkylation sites (N-methyl/N-ethyl adjacent to an activating group) is 1. The number of rotatable bonds is 6. The predicted molar refractivity (Wildman–Crippen MR) is 131 cm³/mol. The van der Waals surface area contributed by atoms with Gasteiger partial charge < -0.3 is 14.4 Å². The van der Waals surface area contributed by atoms with E-state index in [0.29, 0.717) is 29.4 Å². The van der Waals surface area contributed by atoms with Crippen LogP contribution in [-0.2, 0) is 4.79 Å². The normalized spacial score (nSPS) is 17.8. The van der Waals surface area contributed by atoms with Crippen LogP contribution in [0, 0.1) is 0 Å². The third kappa shape index (κ3) is 4.79. The van der Waals surface area contributed by atoms with E-state index in [9.17, 15) is 9.59 Å². The smallest absolute Gasteiger partial charge is 0.266 e. The van der Waals surface area contributed by atoms with Crippen molar-refractivity contribution < 1.29 is 9.59 Å². The SMILES string of the molecule is CCN=c1sc(C(=O)N2CCC[C@H]2C(=O)N(C)C)c(C(C)C)n1C(C)c1ccc(Cl)cc1. The van der Waals surface area contributed by atoms with E-state index < -0.39 is 6.04 Å². The molecule has 174 valence electrons. The molecular formula is C24H33ClN4O2S. The summed E-state index contributed by atoms with van der Waals surface area (Å²) in [6, 6.07) is 7.41. The van der Waals surface area contributed by atoms with Crippen LogP contribution < -0.4 is 4.80 Å². The van der Waals surface area contributed by atoms with Crippen molar-refractivity contribution in [2.75, 3.05) is 27.2 Å². The van der Waals surface area contributed by atoms with Crippen LogP contribution in [0.4, 0.5) is 0 Å². The first-order valence-electron chi connectivity index (χ1n) is 11.2. The van der Waals surface area contributed by atoms with Crippen molar-refractivity contribution in [1.82, 2.24) is 14.4 Å². The Morgan fingerprint density at radius 2 is 1.88 bits per heavy atom. The first kappa shape index (κ1) is 24.5. The molecule has 2 atom stereocenters. The van der Waals surface area contributed by atoms with Gasteiger partial charge in [-0.05, 0) is 50.3 Å². The molecule has 1 aliphatic heterocycles. The van der Waals surface area contributed by atoms with E-state index in [0.717, 1.165) is 22.5 Å². The molecule has 0 radical (unpaired) electrons. The highest BCUT2D eigenvalue weighted by atomic mass is 35.5. The molecule has 0 bridgehead atoms. The molecule has 3 rings (SSSR count). The second kappa shape index (κ2) is 10.2. The third-order valence-electron chi connectivity index (χ3n) is 5.91. The van der Waals surface area contributed by atoms with Crippen LogP contribution in [0.2, 0.25) is 5.02 Å². The minimum absolute atomic E-state index is 0.00875. The first-order chi connectivity index (χ1) is 15.2. The van der Waals surface area contributed by atoms with E-state index in [4.69, 9.17) is 16.6 Å². The summed E-state index contributed by atoms with van der Waals surface area (Å²) >= 11 is 7.54. The minimum Gasteiger partial charge on any atom is -0.347 e. The average Bonchev–Trinajstić information content (AvgIpc) is 3.38. The summed E-state index contributed by atoms with van der Waals surface area (Å²) in [6.07, 6.45) is 1.55. The lowest BCUT2D eigenvalue weighted by Crippen LogP contribution is -2.45. The van der Waals surface area contributed by atoms with Gasteiger partial charge in [0.1, 0.15) is 10.9 Å². The van der Waals surface area contributed by atoms with Gasteiger partial charge >= 0.3 is 0 Å². The largest absolute Gasteiger partial charge is 0.347 e. The van der Waals surface area contributed by atoms with E-state index in [1.807, 2.05) is 31.2 Å². The van der Waals surface area contributed by atoms with Crippen molar-refractivity contribution >= 4 is 34.8 Å². The Morgan fingerprint density at radius 3 is 2.44 bits per heavy atom. The van der Waals surface area contributed by atoms with Crippen LogP contribution >= 0.6 is 22.9 Å². The number of amides is 2. The van der Waals surface area contributed by atoms with Gasteiger partial charge in [-0.3, -0.25) is 14.6 Å². The monoisotopic (exact) mass is 476 g/mol. The summed E-state index contributed by atoms with van der Waals surface area (Å²) in [5, 5.41) is 0.695. The van der Waals surface area contributed by atoms with Gasteiger partial charge in [-0.15, -0.1) is 0 Å². The minimum atomic E-state index is -0.395. The molecule has 0 N–H and O–H groups in total. The quantitative estimate of drug-likeness (QED) is 0.614. The zero-order chi connectivity index (χ0) is 23.6. The van der Waals surface area contributed by atoms with E-state index >= 15 is 0 Å². The Balaban J connectivity index is 2.12. The van der Waals surface area contributed by atoms with Crippen LogP contribution in [-0.4, -0.2) is 59.4 Å². The van der Waals surface area contributed by atoms with Crippen molar-refractivity contribution in [2.24, 2.45) is 4.99 Å². The average molecular weight is 477 g/mol. The van der Waals surface area contributed by atoms with Crippen LogP contribution in [0.15, 0.2) is 29.3 Å². The van der Waals surface area contributed by atoms with Gasteiger partial charge in [0.05, 0.1) is 6.04 Å². The molecule has 2 amide bonds. The Kier molecular flexibility index (Phi) is 7.83. The van der Waals surface area contributed by atoms with Crippen molar-refractivity contribution in [1.29, 1.82) is 0 Å². The molecular weight excluding hydrogens is 444 g/mol. The van der Waals surface area contributed by atoms with Crippen molar-refractivity contribution in [3.8, 4) is 0 Å². The number of likely N-dealkylation sites (tertiary alicyclic amines) is 1. The molecule has 0 saturated carbocycles. The maximum Gasteiger partial charge on any atom is 0.266 e. The van der Waals surface area contributed by atoms with E-state index in [1.165, 1.54) is 11.3 Å². The summed E-state index contributed by atoms with van der Waals surface area (Å²) in [4.78, 5) is 36.1. The molecule has 1 fully saturated rings. The van der Waals surface area contributed by atoms with E-state index in [-0.39, 0.29) is 23.8 Å². The molecule has 1 aliphatic rings. The molecule has 0 aliphatic carbocycles. The zero-order valence-electron chi connectivity index (χ0n) is 19.8. The number of hydrogen-bond acceptors (Lipinski definition) is 4. The lowest BCUT2D eigenvalue weighted by Gasteiger charge is -2.27. The molecule has 1 aromatic heterocycles. The molecule has 1 unspecified atom stereocenters. The Morgan fingerprint density at radius 1 is 1.22 bits per heavy atom. The zero-order valence-corrected chi connectivity index (χ0v) is 21.3. The van der Waals surface area contributed by atoms with Gasteiger partial charge in [-0.2, -0.15) is 0 Å². The van der Waals surface area contributed by atoms with Gasteiger partial charge in [-0.25, -0.2) is 0 Å². The second-order valence-corrected chi connectivity index (χ2v) is 10.1. The number of carbonyl (C=O) groups is 2. The van der Waals surface area contributed by atoms with E-state index in [2.05, 4.69) is 25.3 Å². The molecule has 2 heterocycles. The molecule has 0 spiro atoms. The standard InChI is InChI=1S/C24H33ClN4O2S/c1-7-26-24-29(16(4)17-10-12-18(25)13-11-17)20(15(2)3)21(32-24)23(31)28-14-8-9-19(28)22(30)27(5)6/h10-13,15-16,19H,7-9,14H2,1-6H3/t16?,19-/m0/s1. The van der Waals surface area contributed by atoms with Crippen LogP contribution in [0.5, 0.6) is 0 Å². The number of carbonyl (C=O) groups excluding carboxylic acids is 2. The van der Waals surface area contributed by atoms with Crippen LogP contribution in [0.25, 0.3) is 0 Å². The second-order valence-electron chi connectivity index (χ2n) is 8.71. The van der Waals surface area contributed by atoms with Crippen molar-refractivity contribution in [2.45, 2.75) is 58.5 Å². The van der Waals surface area contributed by atoms with Gasteiger partial charge in [0.15, 0.2) is 4.80 Å². The van der Waals surface area contributed by atoms with Gasteiger partial charge in [0, 0.05) is 37.9 Å². The summed E-state index contributed by atoms with van der Waals surface area (Å²) in [5.74, 6) is 0.0387. The van der Waals surface area contributed by atoms with Crippen LogP contribution in [0.1, 0.15) is 73.4 Å². The highest BCUT2D eigenvalue weighted by molar-refractivity contribution is 7.11. The van der Waals surface area contributed by atoms with Gasteiger partial charge in [0.25, 0.3) is 5.91 Å². The fraction of sp³-hybridized carbons (Fsp3) is 0.542. The Labute approximate surface area is 199 Å². The van der Waals surface area contributed by atoms with Gasteiger partial charge in [-0.1, -0.05) is 48.9 Å². The highest BCUT2D eigenvalue weighted by Gasteiger charge is 2.38. The lowest BCUT2D eigenvalue weighted by atomic mass is 10.0. The number of benzene rings is 1. The summed E-state index contributed by atoms with van der Waals surface area (Å²) < 4.78 is 2.19. The van der Waals surface area contributed by atoms with Crippen molar-refractivity contribution in [3.05, 3.63) is 50.2 Å². The number of nitrogens with zero attached hydrogens (tertiary/aromatic N) is 4. The van der Waals surface area contributed by atoms with E-state index in [1.54, 1.807) is 23.9 Å². The fourth-order valence-corrected chi connectivity index (χ4v) is 5.80. The van der Waals surface area contributed by atoms with Gasteiger partial charge in [0.2, 0.25) is 5.91 Å². The molecule has 8 heteroatoms. The maximum absolute atomic E-state index is 13.8. The molecule has 6 nitrogen and oxygen atoms in total. The molecule has 32 heavy (non-hydrogen) atoms. The highest BCUT2D eigenvalue weighted by Crippen LogP contribution is 2.31. The number of hydrogen-bond donors (Lipinski definition) is 0. The first-order valence-corrected chi connectivity index (χ1v) is 12.4. The Hall–Kier alpha value is -2.12. The third-order valence-corrected chi connectivity index (χ3v) is 7.25. The van der Waals surface area contributed by atoms with Crippen molar-refractivity contribution in [3.63, 3.8) is 0 Å². The molecule has 1 saturated heterocycles. The molecule has 2 aromatic rings. The summed E-state index contributed by atoms with van der Waals surface area (Å²) in [7, 11) is 3.49. The summed E-state index contributed by atoms with van der Waals surface area (Å²) in [5.41, 5.74) is 2.07.